The van der Waals surface area contributed by atoms with Gasteiger partial charge in [-0.15, -0.1) is 0 Å². The first-order valence-electron chi connectivity index (χ1n) is 8.61. The van der Waals surface area contributed by atoms with E-state index in [1.165, 1.54) is 0 Å². The molecule has 0 aliphatic carbocycles. The van der Waals surface area contributed by atoms with E-state index in [4.69, 9.17) is 4.52 Å². The smallest absolute Gasteiger partial charge is 0.260 e. The number of nitrogens with zero attached hydrogens (tertiary/aromatic N) is 3. The Morgan fingerprint density at radius 1 is 1.15 bits per heavy atom. The minimum Gasteiger partial charge on any atom is -0.360 e. The molecule has 26 heavy (non-hydrogen) atoms. The van der Waals surface area contributed by atoms with Gasteiger partial charge in [0.25, 0.3) is 5.91 Å². The predicted octanol–water partition coefficient (Wildman–Crippen LogP) is 1.20. The van der Waals surface area contributed by atoms with Gasteiger partial charge in [-0.3, -0.25) is 9.69 Å². The van der Waals surface area contributed by atoms with Crippen LogP contribution in [0.25, 0.3) is 11.3 Å². The average molecular weight is 375 g/mol. The summed E-state index contributed by atoms with van der Waals surface area (Å²) in [7, 11) is -1.23. The van der Waals surface area contributed by atoms with Crippen LogP contribution in [0.4, 0.5) is 0 Å². The Bertz CT molecular complexity index is 939. The van der Waals surface area contributed by atoms with Crippen LogP contribution in [0.2, 0.25) is 0 Å². The highest BCUT2D eigenvalue weighted by atomic mass is 32.2. The van der Waals surface area contributed by atoms with Crippen molar-refractivity contribution in [3.63, 3.8) is 0 Å². The molecule has 2 atom stereocenters. The summed E-state index contributed by atoms with van der Waals surface area (Å²) < 4.78 is 29.6. The number of aromatic nitrogens is 1. The fourth-order valence-corrected chi connectivity index (χ4v) is 5.99. The summed E-state index contributed by atoms with van der Waals surface area (Å²) in [6, 6.07) is 8.92. The van der Waals surface area contributed by atoms with Crippen LogP contribution in [-0.2, 0) is 9.84 Å². The van der Waals surface area contributed by atoms with Crippen LogP contribution in [0.1, 0.15) is 16.1 Å². The van der Waals surface area contributed by atoms with Crippen molar-refractivity contribution in [2.45, 2.75) is 19.0 Å². The zero-order valence-corrected chi connectivity index (χ0v) is 15.6. The molecule has 1 aromatic heterocycles. The van der Waals surface area contributed by atoms with Crippen molar-refractivity contribution >= 4 is 15.7 Å². The minimum absolute atomic E-state index is 0.0126. The third-order valence-corrected chi connectivity index (χ3v) is 7.04. The summed E-state index contributed by atoms with van der Waals surface area (Å²) in [5.74, 6) is 0.359. The van der Waals surface area contributed by atoms with Crippen LogP contribution in [-0.4, -0.2) is 73.0 Å². The fraction of sp³-hybridized carbons (Fsp3) is 0.444. The van der Waals surface area contributed by atoms with E-state index < -0.39 is 9.84 Å². The number of hydrogen-bond donors (Lipinski definition) is 0. The van der Waals surface area contributed by atoms with Crippen molar-refractivity contribution in [2.24, 2.45) is 0 Å². The summed E-state index contributed by atoms with van der Waals surface area (Å²) in [6.45, 7) is 2.85. The molecule has 3 heterocycles. The van der Waals surface area contributed by atoms with Gasteiger partial charge in [0.1, 0.15) is 17.0 Å². The highest BCUT2D eigenvalue weighted by Gasteiger charge is 2.47. The van der Waals surface area contributed by atoms with E-state index in [1.54, 1.807) is 11.8 Å². The SMILES string of the molecule is Cc1onc(-c2ccccc2)c1C(=O)N1CCN(C)[C@H]2CS(=O)(=O)C[C@H]21. The van der Waals surface area contributed by atoms with Crippen LogP contribution in [0, 0.1) is 6.92 Å². The third-order valence-electron chi connectivity index (χ3n) is 5.34. The molecule has 0 unspecified atom stereocenters. The van der Waals surface area contributed by atoms with Crippen LogP contribution in [0.15, 0.2) is 34.9 Å². The fourth-order valence-electron chi connectivity index (χ4n) is 3.94. The lowest BCUT2D eigenvalue weighted by molar-refractivity contribution is 0.0409. The number of piperazine rings is 1. The van der Waals surface area contributed by atoms with Gasteiger partial charge in [-0.2, -0.15) is 0 Å². The molecule has 138 valence electrons. The van der Waals surface area contributed by atoms with E-state index in [0.717, 1.165) is 5.56 Å². The van der Waals surface area contributed by atoms with E-state index in [2.05, 4.69) is 5.16 Å². The van der Waals surface area contributed by atoms with E-state index in [0.29, 0.717) is 30.1 Å². The summed E-state index contributed by atoms with van der Waals surface area (Å²) in [6.07, 6.45) is 0. The van der Waals surface area contributed by atoms with E-state index in [-0.39, 0.29) is 29.5 Å². The number of fused-ring (bicyclic) bond motifs is 1. The molecule has 2 saturated heterocycles. The first kappa shape index (κ1) is 17.2. The molecule has 2 aliphatic heterocycles. The Morgan fingerprint density at radius 3 is 2.58 bits per heavy atom. The molecule has 7 nitrogen and oxygen atoms in total. The largest absolute Gasteiger partial charge is 0.360 e. The van der Waals surface area contributed by atoms with E-state index in [9.17, 15) is 13.2 Å². The van der Waals surface area contributed by atoms with Gasteiger partial charge in [-0.05, 0) is 14.0 Å². The molecular formula is C18H21N3O4S. The molecular weight excluding hydrogens is 354 g/mol. The van der Waals surface area contributed by atoms with Crippen molar-refractivity contribution in [3.05, 3.63) is 41.7 Å². The topological polar surface area (TPSA) is 83.7 Å². The second-order valence-corrected chi connectivity index (χ2v) is 9.17. The Hall–Kier alpha value is -2.19. The van der Waals surface area contributed by atoms with E-state index >= 15 is 0 Å². The summed E-state index contributed by atoms with van der Waals surface area (Å²) in [4.78, 5) is 17.1. The lowest BCUT2D eigenvalue weighted by Gasteiger charge is -2.42. The minimum atomic E-state index is -3.14. The highest BCUT2D eigenvalue weighted by molar-refractivity contribution is 7.91. The predicted molar refractivity (Wildman–Crippen MR) is 96.6 cm³/mol. The summed E-state index contributed by atoms with van der Waals surface area (Å²) in [5, 5.41) is 4.08. The molecule has 0 radical (unpaired) electrons. The van der Waals surface area contributed by atoms with Gasteiger partial charge < -0.3 is 9.42 Å². The van der Waals surface area contributed by atoms with Gasteiger partial charge in [-0.25, -0.2) is 8.42 Å². The molecule has 2 fully saturated rings. The quantitative estimate of drug-likeness (QED) is 0.784. The molecule has 4 rings (SSSR count). The summed E-state index contributed by atoms with van der Waals surface area (Å²) >= 11 is 0. The first-order chi connectivity index (χ1) is 12.4. The number of hydrogen-bond acceptors (Lipinski definition) is 6. The van der Waals surface area contributed by atoms with Crippen LogP contribution in [0.3, 0.4) is 0 Å². The molecule has 2 aromatic rings. The Kier molecular flexibility index (Phi) is 4.11. The van der Waals surface area contributed by atoms with Gasteiger partial charge in [0.15, 0.2) is 9.84 Å². The monoisotopic (exact) mass is 375 g/mol. The molecule has 2 aliphatic rings. The number of rotatable bonds is 2. The van der Waals surface area contributed by atoms with Gasteiger partial charge in [0.05, 0.1) is 17.5 Å². The molecule has 0 spiro atoms. The highest BCUT2D eigenvalue weighted by Crippen LogP contribution is 2.31. The van der Waals surface area contributed by atoms with Crippen molar-refractivity contribution in [1.82, 2.24) is 15.0 Å². The van der Waals surface area contributed by atoms with Crippen molar-refractivity contribution in [2.75, 3.05) is 31.6 Å². The Labute approximate surface area is 152 Å². The third kappa shape index (κ3) is 2.83. The maximum Gasteiger partial charge on any atom is 0.260 e. The second-order valence-electron chi connectivity index (χ2n) is 7.02. The van der Waals surface area contributed by atoms with Crippen molar-refractivity contribution < 1.29 is 17.7 Å². The average Bonchev–Trinajstić information content (AvgIpc) is 3.15. The number of likely N-dealkylation sites (N-methyl/N-ethyl adjacent to an activating group) is 1. The van der Waals surface area contributed by atoms with Gasteiger partial charge in [0, 0.05) is 24.7 Å². The van der Waals surface area contributed by atoms with Gasteiger partial charge in [-0.1, -0.05) is 35.5 Å². The van der Waals surface area contributed by atoms with Gasteiger partial charge in [0.2, 0.25) is 0 Å². The molecule has 0 N–H and O–H groups in total. The Morgan fingerprint density at radius 2 is 1.85 bits per heavy atom. The molecule has 1 aromatic carbocycles. The number of sulfone groups is 1. The maximum absolute atomic E-state index is 13.3. The molecule has 0 saturated carbocycles. The van der Waals surface area contributed by atoms with Crippen LogP contribution < -0.4 is 0 Å². The number of carbonyl (C=O) groups is 1. The number of amides is 1. The van der Waals surface area contributed by atoms with Crippen molar-refractivity contribution in [3.8, 4) is 11.3 Å². The normalized spacial score (nSPS) is 25.2. The molecule has 0 bridgehead atoms. The zero-order chi connectivity index (χ0) is 18.5. The number of carbonyl (C=O) groups excluding carboxylic acids is 1. The van der Waals surface area contributed by atoms with Gasteiger partial charge >= 0.3 is 0 Å². The van der Waals surface area contributed by atoms with Crippen molar-refractivity contribution in [1.29, 1.82) is 0 Å². The maximum atomic E-state index is 13.3. The van der Waals surface area contributed by atoms with Crippen LogP contribution >= 0.6 is 0 Å². The number of aryl methyl sites for hydroxylation is 1. The number of benzene rings is 1. The first-order valence-corrected chi connectivity index (χ1v) is 10.4. The second kappa shape index (κ2) is 6.21. The van der Waals surface area contributed by atoms with Crippen LogP contribution in [0.5, 0.6) is 0 Å². The molecule has 8 heteroatoms. The van der Waals surface area contributed by atoms with E-state index in [1.807, 2.05) is 42.3 Å². The standard InChI is InChI=1S/C18H21N3O4S/c1-12-16(17(19-25-12)13-6-4-3-5-7-13)18(22)21-9-8-20(2)14-10-26(23,24)11-15(14)21/h3-7,14-15H,8-11H2,1-2H3/t14-,15+/m0/s1. The Balaban J connectivity index is 1.72. The summed E-state index contributed by atoms with van der Waals surface area (Å²) in [5.41, 5.74) is 1.73. The molecule has 1 amide bonds. The lowest BCUT2D eigenvalue weighted by atomic mass is 10.0. The zero-order valence-electron chi connectivity index (χ0n) is 14.8. The lowest BCUT2D eigenvalue weighted by Crippen LogP contribution is -2.59.